The number of hydrogen-bond acceptors (Lipinski definition) is 6. The molecule has 29 heavy (non-hydrogen) atoms. The largest absolute Gasteiger partial charge is 0.490 e. The molecule has 2 aromatic carbocycles. The Morgan fingerprint density at radius 3 is 2.52 bits per heavy atom. The van der Waals surface area contributed by atoms with E-state index >= 15 is 0 Å². The Bertz CT molecular complexity index is 1040. The van der Waals surface area contributed by atoms with E-state index in [2.05, 4.69) is 0 Å². The molecule has 1 heterocycles. The first-order valence-corrected chi connectivity index (χ1v) is 10.5. The highest BCUT2D eigenvalue weighted by Gasteiger charge is 2.47. The second-order valence-electron chi connectivity index (χ2n) is 6.31. The van der Waals surface area contributed by atoms with Gasteiger partial charge in [0.25, 0.3) is 0 Å². The van der Waals surface area contributed by atoms with Crippen molar-refractivity contribution < 1.29 is 31.8 Å². The summed E-state index contributed by atoms with van der Waals surface area (Å²) in [6.07, 6.45) is -1.34. The molecular formula is C19H16ClF2NO5S. The molecule has 154 valence electrons. The van der Waals surface area contributed by atoms with Gasteiger partial charge in [0.05, 0.1) is 42.3 Å². The van der Waals surface area contributed by atoms with Gasteiger partial charge >= 0.3 is 0 Å². The van der Waals surface area contributed by atoms with Crippen molar-refractivity contribution >= 4 is 21.4 Å². The molecule has 1 unspecified atom stereocenters. The normalized spacial score (nSPS) is 19.7. The number of nitriles is 1. The quantitative estimate of drug-likeness (QED) is 0.737. The average Bonchev–Trinajstić information content (AvgIpc) is 2.71. The third kappa shape index (κ3) is 4.07. The predicted molar refractivity (Wildman–Crippen MR) is 99.2 cm³/mol. The fraction of sp³-hybridized carbons (Fsp3) is 0.316. The Hall–Kier alpha value is -2.25. The summed E-state index contributed by atoms with van der Waals surface area (Å²) in [5.74, 6) is -3.58. The Balaban J connectivity index is 2.20. The van der Waals surface area contributed by atoms with Gasteiger partial charge in [-0.2, -0.15) is 5.26 Å². The van der Waals surface area contributed by atoms with Gasteiger partial charge in [-0.3, -0.25) is 0 Å². The summed E-state index contributed by atoms with van der Waals surface area (Å²) in [5, 5.41) is 17.1. The third-order valence-electron chi connectivity index (χ3n) is 4.57. The lowest BCUT2D eigenvalue weighted by molar-refractivity contribution is 0.00629. The summed E-state index contributed by atoms with van der Waals surface area (Å²) in [6.45, 7) is -1.03. The molecule has 1 N–H and O–H groups in total. The van der Waals surface area contributed by atoms with Gasteiger partial charge in [-0.15, -0.1) is 0 Å². The van der Waals surface area contributed by atoms with E-state index in [1.807, 2.05) is 6.07 Å². The molecule has 0 saturated carbocycles. The Kier molecular flexibility index (Phi) is 6.39. The summed E-state index contributed by atoms with van der Waals surface area (Å²) in [4.78, 5) is -0.174. The first-order valence-electron chi connectivity index (χ1n) is 8.53. The minimum Gasteiger partial charge on any atom is -0.490 e. The van der Waals surface area contributed by atoms with Crippen LogP contribution in [-0.2, 0) is 14.6 Å². The highest BCUT2D eigenvalue weighted by atomic mass is 35.5. The second-order valence-corrected chi connectivity index (χ2v) is 8.82. The fourth-order valence-electron chi connectivity index (χ4n) is 3.28. The lowest BCUT2D eigenvalue weighted by Gasteiger charge is -2.35. The lowest BCUT2D eigenvalue weighted by atomic mass is 9.91. The van der Waals surface area contributed by atoms with Gasteiger partial charge in [0.2, 0.25) is 0 Å². The fourth-order valence-corrected chi connectivity index (χ4v) is 5.43. The standard InChI is InChI=1S/C19H16ClF2NO5S/c20-11-1-3-12(4-2-11)29(25,26)19-13(16(9-23)27-8-7-24)10-28-18-15(22)6-5-14(21)17(18)19/h1-6,13,16,19,24H,7-8,10H2/t13-,16?,19-/m0/s1. The van der Waals surface area contributed by atoms with Gasteiger partial charge in [0, 0.05) is 5.02 Å². The van der Waals surface area contributed by atoms with Crippen molar-refractivity contribution in [1.29, 1.82) is 5.26 Å². The number of rotatable bonds is 6. The first-order chi connectivity index (χ1) is 13.8. The van der Waals surface area contributed by atoms with Crippen LogP contribution in [0.1, 0.15) is 10.8 Å². The van der Waals surface area contributed by atoms with Crippen molar-refractivity contribution in [3.8, 4) is 11.8 Å². The van der Waals surface area contributed by atoms with Crippen LogP contribution in [0.25, 0.3) is 0 Å². The summed E-state index contributed by atoms with van der Waals surface area (Å²) in [7, 11) is -4.30. The highest BCUT2D eigenvalue weighted by molar-refractivity contribution is 7.91. The van der Waals surface area contributed by atoms with E-state index in [0.29, 0.717) is 5.02 Å². The second kappa shape index (κ2) is 8.63. The van der Waals surface area contributed by atoms with E-state index in [1.165, 1.54) is 24.3 Å². The Morgan fingerprint density at radius 2 is 1.90 bits per heavy atom. The van der Waals surface area contributed by atoms with Crippen LogP contribution in [0.2, 0.25) is 5.02 Å². The number of benzene rings is 2. The van der Waals surface area contributed by atoms with Gasteiger partial charge < -0.3 is 14.6 Å². The number of aliphatic hydroxyl groups is 1. The van der Waals surface area contributed by atoms with Gasteiger partial charge in [0.15, 0.2) is 27.5 Å². The van der Waals surface area contributed by atoms with Crippen molar-refractivity contribution in [1.82, 2.24) is 0 Å². The third-order valence-corrected chi connectivity index (χ3v) is 7.00. The maximum absolute atomic E-state index is 14.7. The number of nitrogens with zero attached hydrogens (tertiary/aromatic N) is 1. The Morgan fingerprint density at radius 1 is 1.24 bits per heavy atom. The number of fused-ring (bicyclic) bond motifs is 1. The van der Waals surface area contributed by atoms with Crippen LogP contribution in [0.4, 0.5) is 8.78 Å². The molecule has 3 atom stereocenters. The molecule has 0 spiro atoms. The molecule has 0 amide bonds. The minimum absolute atomic E-state index is 0.174. The van der Waals surface area contributed by atoms with E-state index in [1.54, 1.807) is 0 Å². The minimum atomic E-state index is -4.30. The van der Waals surface area contributed by atoms with E-state index in [9.17, 15) is 22.5 Å². The van der Waals surface area contributed by atoms with E-state index in [0.717, 1.165) is 12.1 Å². The molecule has 3 rings (SSSR count). The van der Waals surface area contributed by atoms with Crippen molar-refractivity contribution in [2.24, 2.45) is 5.92 Å². The maximum atomic E-state index is 14.7. The number of aliphatic hydroxyl groups excluding tert-OH is 1. The number of sulfone groups is 1. The van der Waals surface area contributed by atoms with Gasteiger partial charge in [-0.1, -0.05) is 11.6 Å². The molecule has 0 aromatic heterocycles. The lowest BCUT2D eigenvalue weighted by Crippen LogP contribution is -2.40. The SMILES string of the molecule is N#CC(OCCO)[C@@H]1COc2c(F)ccc(F)c2[C@H]1S(=O)(=O)c1ccc(Cl)cc1. The molecule has 10 heteroatoms. The topological polar surface area (TPSA) is 96.6 Å². The van der Waals surface area contributed by atoms with Crippen molar-refractivity contribution in [3.63, 3.8) is 0 Å². The van der Waals surface area contributed by atoms with E-state index < -0.39 is 63.3 Å². The molecule has 6 nitrogen and oxygen atoms in total. The molecule has 1 aliphatic heterocycles. The number of ether oxygens (including phenoxy) is 2. The van der Waals surface area contributed by atoms with Crippen LogP contribution in [0.15, 0.2) is 41.3 Å². The van der Waals surface area contributed by atoms with Gasteiger partial charge in [-0.05, 0) is 36.4 Å². The zero-order valence-corrected chi connectivity index (χ0v) is 16.5. The van der Waals surface area contributed by atoms with Crippen molar-refractivity contribution in [3.05, 3.63) is 58.6 Å². The van der Waals surface area contributed by atoms with Crippen LogP contribution in [0.5, 0.6) is 5.75 Å². The van der Waals surface area contributed by atoms with Crippen LogP contribution < -0.4 is 4.74 Å². The van der Waals surface area contributed by atoms with Crippen LogP contribution in [-0.4, -0.2) is 39.4 Å². The van der Waals surface area contributed by atoms with Crippen LogP contribution >= 0.6 is 11.6 Å². The van der Waals surface area contributed by atoms with E-state index in [4.69, 9.17) is 26.2 Å². The van der Waals surface area contributed by atoms with Gasteiger partial charge in [-0.25, -0.2) is 17.2 Å². The summed E-state index contributed by atoms with van der Waals surface area (Å²) in [5.41, 5.74) is -0.496. The van der Waals surface area contributed by atoms with Crippen LogP contribution in [0, 0.1) is 28.9 Å². The number of halogens is 3. The molecule has 0 bridgehead atoms. The molecular weight excluding hydrogens is 428 g/mol. The van der Waals surface area contributed by atoms with E-state index in [-0.39, 0.29) is 11.5 Å². The zero-order valence-electron chi connectivity index (χ0n) is 14.9. The smallest absolute Gasteiger partial charge is 0.186 e. The van der Waals surface area contributed by atoms with Crippen molar-refractivity contribution in [2.45, 2.75) is 16.2 Å². The molecule has 0 aliphatic carbocycles. The molecule has 1 aliphatic rings. The Labute approximate surface area is 171 Å². The monoisotopic (exact) mass is 443 g/mol. The van der Waals surface area contributed by atoms with Crippen LogP contribution in [0.3, 0.4) is 0 Å². The maximum Gasteiger partial charge on any atom is 0.186 e. The molecule has 0 radical (unpaired) electrons. The summed E-state index contributed by atoms with van der Waals surface area (Å²) >= 11 is 5.82. The molecule has 2 aromatic rings. The zero-order chi connectivity index (χ0) is 21.2. The average molecular weight is 444 g/mol. The van der Waals surface area contributed by atoms with Gasteiger partial charge in [0.1, 0.15) is 11.1 Å². The molecule has 0 saturated heterocycles. The predicted octanol–water partition coefficient (Wildman–Crippen LogP) is 3.04. The number of hydrogen-bond donors (Lipinski definition) is 1. The first kappa shape index (κ1) is 21.5. The summed E-state index contributed by atoms with van der Waals surface area (Å²) in [6, 6.07) is 8.67. The highest BCUT2D eigenvalue weighted by Crippen LogP contribution is 2.47. The van der Waals surface area contributed by atoms with Crippen molar-refractivity contribution in [2.75, 3.05) is 19.8 Å². The molecule has 0 fully saturated rings. The summed E-state index contributed by atoms with van der Waals surface area (Å²) < 4.78 is 66.4.